The Labute approximate surface area is 133 Å². The quantitative estimate of drug-likeness (QED) is 0.820. The van der Waals surface area contributed by atoms with Gasteiger partial charge in [-0.15, -0.1) is 0 Å². The smallest absolute Gasteiger partial charge is 0.260 e. The van der Waals surface area contributed by atoms with Crippen molar-refractivity contribution in [2.45, 2.75) is 18.6 Å². The molecule has 2 aliphatic rings. The third kappa shape index (κ3) is 3.44. The van der Waals surface area contributed by atoms with Crippen LogP contribution in [-0.2, 0) is 14.3 Å². The lowest BCUT2D eigenvalue weighted by Gasteiger charge is -2.25. The van der Waals surface area contributed by atoms with Crippen LogP contribution in [0.25, 0.3) is 0 Å². The van der Waals surface area contributed by atoms with E-state index in [9.17, 15) is 14.0 Å². The van der Waals surface area contributed by atoms with Gasteiger partial charge in [-0.05, 0) is 24.3 Å². The minimum atomic E-state index is -0.354. The van der Waals surface area contributed by atoms with Crippen LogP contribution in [0, 0.1) is 5.82 Å². The van der Waals surface area contributed by atoms with Gasteiger partial charge in [0.05, 0.1) is 25.2 Å². The van der Waals surface area contributed by atoms with Crippen LogP contribution < -0.4 is 4.74 Å². The van der Waals surface area contributed by atoms with Gasteiger partial charge in [-0.3, -0.25) is 9.59 Å². The van der Waals surface area contributed by atoms with E-state index >= 15 is 0 Å². The Bertz CT molecular complexity index is 592. The van der Waals surface area contributed by atoms with E-state index in [2.05, 4.69) is 0 Å². The van der Waals surface area contributed by atoms with Crippen LogP contribution in [0.2, 0.25) is 0 Å². The molecule has 0 unspecified atom stereocenters. The first-order chi connectivity index (χ1) is 11.0. The normalized spacial score (nSPS) is 24.3. The molecule has 2 saturated heterocycles. The molecule has 0 aromatic heterocycles. The fraction of sp³-hybridized carbons (Fsp3) is 0.500. The van der Waals surface area contributed by atoms with Gasteiger partial charge in [-0.2, -0.15) is 0 Å². The molecule has 0 spiro atoms. The number of hydrogen-bond acceptors (Lipinski definition) is 4. The maximum atomic E-state index is 12.8. The van der Waals surface area contributed by atoms with Crippen molar-refractivity contribution in [1.29, 1.82) is 0 Å². The molecule has 6 nitrogen and oxygen atoms in total. The van der Waals surface area contributed by atoms with E-state index in [0.717, 1.165) is 0 Å². The predicted octanol–water partition coefficient (Wildman–Crippen LogP) is 0.663. The van der Waals surface area contributed by atoms with Crippen molar-refractivity contribution in [2.75, 3.05) is 33.4 Å². The molecule has 0 aliphatic carbocycles. The van der Waals surface area contributed by atoms with E-state index in [0.29, 0.717) is 31.9 Å². The first-order valence-electron chi connectivity index (χ1n) is 7.58. The topological polar surface area (TPSA) is 59.1 Å². The number of hydrogen-bond donors (Lipinski definition) is 0. The fourth-order valence-electron chi connectivity index (χ4n) is 2.92. The molecule has 1 aromatic rings. The van der Waals surface area contributed by atoms with Crippen LogP contribution >= 0.6 is 0 Å². The van der Waals surface area contributed by atoms with E-state index in [-0.39, 0.29) is 36.4 Å². The average Bonchev–Trinajstić information content (AvgIpc) is 2.92. The number of halogens is 1. The van der Waals surface area contributed by atoms with Crippen LogP contribution in [0.15, 0.2) is 24.3 Å². The Morgan fingerprint density at radius 2 is 2.09 bits per heavy atom. The highest BCUT2D eigenvalue weighted by Crippen LogP contribution is 2.22. The molecule has 2 aliphatic heterocycles. The average molecular weight is 322 g/mol. The lowest BCUT2D eigenvalue weighted by Crippen LogP contribution is -2.43. The molecule has 0 N–H and O–H groups in total. The molecule has 0 bridgehead atoms. The fourth-order valence-corrected chi connectivity index (χ4v) is 2.92. The van der Waals surface area contributed by atoms with E-state index in [4.69, 9.17) is 9.47 Å². The maximum absolute atomic E-state index is 12.8. The molecule has 124 valence electrons. The highest BCUT2D eigenvalue weighted by atomic mass is 19.1. The van der Waals surface area contributed by atoms with E-state index in [1.54, 1.807) is 16.8 Å². The highest BCUT2D eigenvalue weighted by Gasteiger charge is 2.41. The second kappa shape index (κ2) is 6.54. The summed E-state index contributed by atoms with van der Waals surface area (Å²) in [6.07, 6.45) is 0.228. The van der Waals surface area contributed by atoms with Gasteiger partial charge in [0.2, 0.25) is 5.91 Å². The Hall–Kier alpha value is -2.15. The third-order valence-corrected chi connectivity index (χ3v) is 4.30. The Morgan fingerprint density at radius 3 is 2.83 bits per heavy atom. The van der Waals surface area contributed by atoms with Gasteiger partial charge in [-0.25, -0.2) is 4.39 Å². The zero-order valence-corrected chi connectivity index (χ0v) is 12.9. The molecule has 2 amide bonds. The number of benzene rings is 1. The van der Waals surface area contributed by atoms with Crippen molar-refractivity contribution in [3.63, 3.8) is 0 Å². The Morgan fingerprint density at radius 1 is 1.35 bits per heavy atom. The summed E-state index contributed by atoms with van der Waals surface area (Å²) in [5.74, 6) is -0.0499. The van der Waals surface area contributed by atoms with Gasteiger partial charge in [0.15, 0.2) is 6.61 Å². The number of nitrogens with zero attached hydrogens (tertiary/aromatic N) is 2. The molecule has 3 rings (SSSR count). The molecule has 2 fully saturated rings. The lowest BCUT2D eigenvalue weighted by atomic mass is 10.2. The minimum absolute atomic E-state index is 0.0364. The number of fused-ring (bicyclic) bond motifs is 1. The van der Waals surface area contributed by atoms with E-state index in [1.165, 1.54) is 24.3 Å². The van der Waals surface area contributed by atoms with Crippen LogP contribution in [0.3, 0.4) is 0 Å². The summed E-state index contributed by atoms with van der Waals surface area (Å²) in [7, 11) is 1.75. The SMILES string of the molecule is CN1C(=O)CCO[C@H]2CN(C(=O)COc3ccc(F)cc3)C[C@@H]21. The Balaban J connectivity index is 1.56. The van der Waals surface area contributed by atoms with Gasteiger partial charge < -0.3 is 19.3 Å². The summed E-state index contributed by atoms with van der Waals surface area (Å²) in [5, 5.41) is 0. The van der Waals surface area contributed by atoms with Crippen molar-refractivity contribution in [3.8, 4) is 5.75 Å². The van der Waals surface area contributed by atoms with Crippen molar-refractivity contribution in [2.24, 2.45) is 0 Å². The van der Waals surface area contributed by atoms with Crippen molar-refractivity contribution in [1.82, 2.24) is 9.80 Å². The molecule has 0 saturated carbocycles. The molecular weight excluding hydrogens is 303 g/mol. The standard InChI is InChI=1S/C16H19FN2O4/c1-18-13-8-19(9-14(13)22-7-6-15(18)20)16(21)10-23-12-4-2-11(17)3-5-12/h2-5,13-14H,6-10H2,1H3/t13-,14-/m0/s1. The number of ether oxygens (including phenoxy) is 2. The number of likely N-dealkylation sites (N-methyl/N-ethyl adjacent to an activating group) is 1. The zero-order chi connectivity index (χ0) is 16.4. The summed E-state index contributed by atoms with van der Waals surface area (Å²) in [6, 6.07) is 5.40. The van der Waals surface area contributed by atoms with Crippen molar-refractivity contribution < 1.29 is 23.5 Å². The molecule has 23 heavy (non-hydrogen) atoms. The van der Waals surface area contributed by atoms with Gasteiger partial charge in [-0.1, -0.05) is 0 Å². The largest absolute Gasteiger partial charge is 0.484 e. The third-order valence-electron chi connectivity index (χ3n) is 4.30. The maximum Gasteiger partial charge on any atom is 0.260 e. The second-order valence-corrected chi connectivity index (χ2v) is 5.77. The number of likely N-dealkylation sites (tertiary alicyclic amines) is 1. The highest BCUT2D eigenvalue weighted by molar-refractivity contribution is 5.79. The van der Waals surface area contributed by atoms with Crippen molar-refractivity contribution in [3.05, 3.63) is 30.1 Å². The van der Waals surface area contributed by atoms with Gasteiger partial charge in [0.25, 0.3) is 5.91 Å². The monoisotopic (exact) mass is 322 g/mol. The summed E-state index contributed by atoms with van der Waals surface area (Å²) >= 11 is 0. The number of rotatable bonds is 3. The first kappa shape index (κ1) is 15.7. The molecule has 7 heteroatoms. The Kier molecular flexibility index (Phi) is 4.47. The summed E-state index contributed by atoms with van der Waals surface area (Å²) in [6.45, 7) is 1.16. The molecule has 2 atom stereocenters. The molecule has 1 aromatic carbocycles. The van der Waals surface area contributed by atoms with Crippen LogP contribution in [0.5, 0.6) is 5.75 Å². The summed E-state index contributed by atoms with van der Waals surface area (Å²) in [4.78, 5) is 27.4. The predicted molar refractivity (Wildman–Crippen MR) is 79.4 cm³/mol. The molecule has 2 heterocycles. The lowest BCUT2D eigenvalue weighted by molar-refractivity contribution is -0.135. The van der Waals surface area contributed by atoms with Crippen LogP contribution in [0.1, 0.15) is 6.42 Å². The number of carbonyl (C=O) groups excluding carboxylic acids is 2. The number of amides is 2. The van der Waals surface area contributed by atoms with Crippen molar-refractivity contribution >= 4 is 11.8 Å². The zero-order valence-electron chi connectivity index (χ0n) is 12.9. The summed E-state index contributed by atoms with van der Waals surface area (Å²) < 4.78 is 23.9. The van der Waals surface area contributed by atoms with Crippen LogP contribution in [-0.4, -0.2) is 67.1 Å². The van der Waals surface area contributed by atoms with E-state index in [1.807, 2.05) is 0 Å². The van der Waals surface area contributed by atoms with E-state index < -0.39 is 0 Å². The molecule has 0 radical (unpaired) electrons. The summed E-state index contributed by atoms with van der Waals surface area (Å²) in [5.41, 5.74) is 0. The minimum Gasteiger partial charge on any atom is -0.484 e. The van der Waals surface area contributed by atoms with Gasteiger partial charge in [0.1, 0.15) is 11.6 Å². The van der Waals surface area contributed by atoms with Gasteiger partial charge in [0, 0.05) is 20.1 Å². The van der Waals surface area contributed by atoms with Gasteiger partial charge >= 0.3 is 0 Å². The number of carbonyl (C=O) groups is 2. The van der Waals surface area contributed by atoms with Crippen LogP contribution in [0.4, 0.5) is 4.39 Å². The first-order valence-corrected chi connectivity index (χ1v) is 7.58. The second-order valence-electron chi connectivity index (χ2n) is 5.77. The molecular formula is C16H19FN2O4.